The van der Waals surface area contributed by atoms with E-state index in [9.17, 15) is 0 Å². The molecule has 0 aromatic carbocycles. The lowest BCUT2D eigenvalue weighted by Gasteiger charge is -2.31. The third-order valence-corrected chi connectivity index (χ3v) is 3.28. The maximum absolute atomic E-state index is 5.68. The predicted octanol–water partition coefficient (Wildman–Crippen LogP) is 1.70. The molecule has 1 atom stereocenters. The van der Waals surface area contributed by atoms with Crippen LogP contribution < -0.4 is 5.73 Å². The highest BCUT2D eigenvalue weighted by Gasteiger charge is 2.19. The molecule has 1 aliphatic rings. The second kappa shape index (κ2) is 5.61. The molecule has 1 saturated carbocycles. The van der Waals surface area contributed by atoms with Crippen molar-refractivity contribution >= 4 is 0 Å². The van der Waals surface area contributed by atoms with Crippen molar-refractivity contribution in [1.82, 2.24) is 4.90 Å². The summed E-state index contributed by atoms with van der Waals surface area (Å²) in [5.41, 5.74) is 5.68. The Kier molecular flexibility index (Phi) is 4.74. The lowest BCUT2D eigenvalue weighted by atomic mass is 9.85. The van der Waals surface area contributed by atoms with Crippen molar-refractivity contribution in [3.8, 4) is 0 Å². The first-order valence-electron chi connectivity index (χ1n) is 5.64. The molecule has 2 nitrogen and oxygen atoms in total. The zero-order chi connectivity index (χ0) is 9.68. The Bertz CT molecular complexity index is 128. The summed E-state index contributed by atoms with van der Waals surface area (Å²) in [7, 11) is 2.23. The van der Waals surface area contributed by atoms with Crippen LogP contribution in [0.25, 0.3) is 0 Å². The number of rotatable bonds is 6. The molecule has 0 bridgehead atoms. The van der Waals surface area contributed by atoms with E-state index in [4.69, 9.17) is 5.73 Å². The predicted molar refractivity (Wildman–Crippen MR) is 57.7 cm³/mol. The second-order valence-electron chi connectivity index (χ2n) is 4.53. The van der Waals surface area contributed by atoms with E-state index >= 15 is 0 Å². The molecule has 13 heavy (non-hydrogen) atoms. The molecule has 0 aromatic heterocycles. The van der Waals surface area contributed by atoms with E-state index < -0.39 is 0 Å². The minimum atomic E-state index is 0.699. The molecule has 1 unspecified atom stereocenters. The molecule has 1 aliphatic carbocycles. The summed E-state index contributed by atoms with van der Waals surface area (Å²) >= 11 is 0. The smallest absolute Gasteiger partial charge is 0.00187 e. The highest BCUT2D eigenvalue weighted by atomic mass is 15.1. The molecule has 0 spiro atoms. The van der Waals surface area contributed by atoms with Gasteiger partial charge in [0.25, 0.3) is 0 Å². The van der Waals surface area contributed by atoms with Gasteiger partial charge in [0, 0.05) is 13.1 Å². The third-order valence-electron chi connectivity index (χ3n) is 3.28. The first kappa shape index (κ1) is 11.0. The standard InChI is InChI=1S/C11H24N2/c1-3-10(7-12)8-13(2)9-11-5-4-6-11/h10-11H,3-9,12H2,1-2H3. The van der Waals surface area contributed by atoms with Gasteiger partial charge in [-0.2, -0.15) is 0 Å². The van der Waals surface area contributed by atoms with Crippen LogP contribution in [0.15, 0.2) is 0 Å². The highest BCUT2D eigenvalue weighted by molar-refractivity contribution is 4.73. The van der Waals surface area contributed by atoms with Crippen molar-refractivity contribution < 1.29 is 0 Å². The molecule has 0 amide bonds. The molecular weight excluding hydrogens is 160 g/mol. The first-order chi connectivity index (χ1) is 6.26. The van der Waals surface area contributed by atoms with Crippen LogP contribution >= 0.6 is 0 Å². The van der Waals surface area contributed by atoms with Gasteiger partial charge < -0.3 is 10.6 Å². The first-order valence-corrected chi connectivity index (χ1v) is 5.64. The van der Waals surface area contributed by atoms with Gasteiger partial charge in [0.1, 0.15) is 0 Å². The Morgan fingerprint density at radius 2 is 2.15 bits per heavy atom. The summed E-state index contributed by atoms with van der Waals surface area (Å²) in [5.74, 6) is 1.69. The molecule has 0 aromatic rings. The lowest BCUT2D eigenvalue weighted by Crippen LogP contribution is -2.35. The van der Waals surface area contributed by atoms with Crippen LogP contribution in [0, 0.1) is 11.8 Å². The average molecular weight is 184 g/mol. The fourth-order valence-electron chi connectivity index (χ4n) is 2.00. The van der Waals surface area contributed by atoms with Crippen molar-refractivity contribution in [2.75, 3.05) is 26.7 Å². The number of nitrogens with two attached hydrogens (primary N) is 1. The minimum absolute atomic E-state index is 0.699. The van der Waals surface area contributed by atoms with E-state index in [-0.39, 0.29) is 0 Å². The Morgan fingerprint density at radius 3 is 2.54 bits per heavy atom. The summed E-state index contributed by atoms with van der Waals surface area (Å²) in [5, 5.41) is 0. The number of hydrogen-bond acceptors (Lipinski definition) is 2. The SMILES string of the molecule is CCC(CN)CN(C)CC1CCC1. The molecule has 0 radical (unpaired) electrons. The Balaban J connectivity index is 2.10. The van der Waals surface area contributed by atoms with Gasteiger partial charge in [-0.15, -0.1) is 0 Å². The van der Waals surface area contributed by atoms with E-state index in [2.05, 4.69) is 18.9 Å². The Labute approximate surface area is 82.5 Å². The van der Waals surface area contributed by atoms with Gasteiger partial charge in [0.05, 0.1) is 0 Å². The van der Waals surface area contributed by atoms with Gasteiger partial charge in [-0.1, -0.05) is 19.8 Å². The van der Waals surface area contributed by atoms with Crippen LogP contribution in [0.5, 0.6) is 0 Å². The molecule has 0 aliphatic heterocycles. The number of hydrogen-bond donors (Lipinski definition) is 1. The van der Waals surface area contributed by atoms with Crippen LogP contribution in [0.1, 0.15) is 32.6 Å². The zero-order valence-corrected chi connectivity index (χ0v) is 9.13. The van der Waals surface area contributed by atoms with Gasteiger partial charge in [0.2, 0.25) is 0 Å². The fraction of sp³-hybridized carbons (Fsp3) is 1.00. The minimum Gasteiger partial charge on any atom is -0.330 e. The van der Waals surface area contributed by atoms with E-state index in [0.29, 0.717) is 5.92 Å². The van der Waals surface area contributed by atoms with Crippen molar-refractivity contribution in [2.24, 2.45) is 17.6 Å². The van der Waals surface area contributed by atoms with Crippen LogP contribution in [0.2, 0.25) is 0 Å². The van der Waals surface area contributed by atoms with Crippen LogP contribution in [-0.2, 0) is 0 Å². The third kappa shape index (κ3) is 3.65. The van der Waals surface area contributed by atoms with Crippen LogP contribution in [0.3, 0.4) is 0 Å². The molecule has 1 rings (SSSR count). The maximum atomic E-state index is 5.68. The zero-order valence-electron chi connectivity index (χ0n) is 9.13. The number of nitrogens with zero attached hydrogens (tertiary/aromatic N) is 1. The Morgan fingerprint density at radius 1 is 1.46 bits per heavy atom. The van der Waals surface area contributed by atoms with Gasteiger partial charge in [0.15, 0.2) is 0 Å². The van der Waals surface area contributed by atoms with Crippen LogP contribution in [-0.4, -0.2) is 31.6 Å². The molecule has 0 heterocycles. The molecule has 0 saturated heterocycles. The van der Waals surface area contributed by atoms with Gasteiger partial charge in [-0.25, -0.2) is 0 Å². The second-order valence-corrected chi connectivity index (χ2v) is 4.53. The summed E-state index contributed by atoms with van der Waals surface area (Å²) < 4.78 is 0. The maximum Gasteiger partial charge on any atom is 0.00187 e. The van der Waals surface area contributed by atoms with Gasteiger partial charge >= 0.3 is 0 Å². The highest BCUT2D eigenvalue weighted by Crippen LogP contribution is 2.26. The van der Waals surface area contributed by atoms with Crippen molar-refractivity contribution in [2.45, 2.75) is 32.6 Å². The van der Waals surface area contributed by atoms with E-state index in [1.807, 2.05) is 0 Å². The van der Waals surface area contributed by atoms with Gasteiger partial charge in [-0.3, -0.25) is 0 Å². The summed E-state index contributed by atoms with van der Waals surface area (Å²) in [6, 6.07) is 0. The average Bonchev–Trinajstić information content (AvgIpc) is 2.07. The summed E-state index contributed by atoms with van der Waals surface area (Å²) in [4.78, 5) is 2.46. The van der Waals surface area contributed by atoms with E-state index in [1.165, 1.54) is 38.8 Å². The summed E-state index contributed by atoms with van der Waals surface area (Å²) in [6.45, 7) is 5.54. The van der Waals surface area contributed by atoms with Crippen LogP contribution in [0.4, 0.5) is 0 Å². The Hall–Kier alpha value is -0.0800. The quantitative estimate of drug-likeness (QED) is 0.681. The van der Waals surface area contributed by atoms with Crippen molar-refractivity contribution in [3.63, 3.8) is 0 Å². The van der Waals surface area contributed by atoms with Crippen molar-refractivity contribution in [3.05, 3.63) is 0 Å². The largest absolute Gasteiger partial charge is 0.330 e. The van der Waals surface area contributed by atoms with E-state index in [1.54, 1.807) is 0 Å². The molecule has 1 fully saturated rings. The normalized spacial score (nSPS) is 20.3. The topological polar surface area (TPSA) is 29.3 Å². The molecular formula is C11H24N2. The molecule has 2 N–H and O–H groups in total. The molecule has 2 heteroatoms. The fourth-order valence-corrected chi connectivity index (χ4v) is 2.00. The lowest BCUT2D eigenvalue weighted by molar-refractivity contribution is 0.185. The van der Waals surface area contributed by atoms with Crippen molar-refractivity contribution in [1.29, 1.82) is 0 Å². The summed E-state index contributed by atoms with van der Waals surface area (Å²) in [6.07, 6.45) is 5.56. The van der Waals surface area contributed by atoms with Gasteiger partial charge in [-0.05, 0) is 38.3 Å². The molecule has 78 valence electrons. The monoisotopic (exact) mass is 184 g/mol. The van der Waals surface area contributed by atoms with E-state index in [0.717, 1.165) is 12.5 Å².